The van der Waals surface area contributed by atoms with Crippen LogP contribution in [-0.2, 0) is 24.4 Å². The second kappa shape index (κ2) is 9.05. The number of anilines is 1. The Morgan fingerprint density at radius 1 is 1.12 bits per heavy atom. The van der Waals surface area contributed by atoms with Crippen molar-refractivity contribution >= 4 is 34.4 Å². The molecule has 0 atom stereocenters. The van der Waals surface area contributed by atoms with Crippen LogP contribution in [0.1, 0.15) is 34.5 Å². The molecule has 3 aromatic heterocycles. The number of amides is 1. The molecule has 4 rings (SSSR count). The summed E-state index contributed by atoms with van der Waals surface area (Å²) in [5, 5.41) is 5.45. The number of hydrogen-bond acceptors (Lipinski definition) is 5. The van der Waals surface area contributed by atoms with Crippen LogP contribution in [0.15, 0.2) is 12.3 Å². The molecule has 7 nitrogen and oxygen atoms in total. The van der Waals surface area contributed by atoms with Crippen LogP contribution in [-0.4, -0.2) is 56.7 Å². The van der Waals surface area contributed by atoms with E-state index in [1.807, 2.05) is 32.7 Å². The predicted molar refractivity (Wildman–Crippen MR) is 124 cm³/mol. The first-order valence-electron chi connectivity index (χ1n) is 11.0. The summed E-state index contributed by atoms with van der Waals surface area (Å²) < 4.78 is 40.4. The lowest BCUT2D eigenvalue weighted by molar-refractivity contribution is -0.137. The molecule has 4 heterocycles. The minimum atomic E-state index is -4.49. The van der Waals surface area contributed by atoms with Crippen LogP contribution < -0.4 is 4.90 Å². The van der Waals surface area contributed by atoms with Gasteiger partial charge in [0.25, 0.3) is 0 Å². The van der Waals surface area contributed by atoms with Crippen molar-refractivity contribution in [3.05, 3.63) is 45.4 Å². The van der Waals surface area contributed by atoms with Gasteiger partial charge in [0.2, 0.25) is 5.91 Å². The Morgan fingerprint density at radius 2 is 1.79 bits per heavy atom. The van der Waals surface area contributed by atoms with Gasteiger partial charge in [0.1, 0.15) is 5.82 Å². The van der Waals surface area contributed by atoms with Gasteiger partial charge in [-0.15, -0.1) is 0 Å². The number of aromatic nitrogens is 4. The van der Waals surface area contributed by atoms with Gasteiger partial charge in [-0.2, -0.15) is 18.3 Å². The third-order valence-electron chi connectivity index (χ3n) is 6.40. The summed E-state index contributed by atoms with van der Waals surface area (Å²) in [5.41, 5.74) is 3.95. The van der Waals surface area contributed by atoms with Crippen molar-refractivity contribution in [3.8, 4) is 0 Å². The van der Waals surface area contributed by atoms with Gasteiger partial charge in [-0.3, -0.25) is 9.48 Å². The number of nitrogens with zero attached hydrogens (tertiary/aromatic N) is 6. The van der Waals surface area contributed by atoms with Gasteiger partial charge in [-0.1, -0.05) is 11.6 Å². The van der Waals surface area contributed by atoms with Crippen molar-refractivity contribution in [2.45, 2.75) is 39.8 Å². The molecule has 1 amide bonds. The number of carbonyl (C=O) groups is 1. The monoisotopic (exact) mass is 494 g/mol. The fourth-order valence-electron chi connectivity index (χ4n) is 4.61. The van der Waals surface area contributed by atoms with E-state index in [1.54, 1.807) is 9.58 Å². The molecule has 0 unspecified atom stereocenters. The van der Waals surface area contributed by atoms with E-state index < -0.39 is 11.7 Å². The molecule has 0 spiro atoms. The highest BCUT2D eigenvalue weighted by Gasteiger charge is 2.32. The predicted octanol–water partition coefficient (Wildman–Crippen LogP) is 4.24. The van der Waals surface area contributed by atoms with Crippen molar-refractivity contribution in [1.82, 2.24) is 24.6 Å². The molecule has 1 aliphatic rings. The first-order chi connectivity index (χ1) is 16.0. The highest BCUT2D eigenvalue weighted by Crippen LogP contribution is 2.34. The molecule has 11 heteroatoms. The van der Waals surface area contributed by atoms with E-state index in [4.69, 9.17) is 16.6 Å². The van der Waals surface area contributed by atoms with Gasteiger partial charge in [0.05, 0.1) is 16.3 Å². The number of hydrogen-bond donors (Lipinski definition) is 0. The van der Waals surface area contributed by atoms with E-state index in [0.717, 1.165) is 45.8 Å². The quantitative estimate of drug-likeness (QED) is 0.542. The summed E-state index contributed by atoms with van der Waals surface area (Å²) >= 11 is 6.07. The van der Waals surface area contributed by atoms with E-state index in [1.165, 1.54) is 0 Å². The summed E-state index contributed by atoms with van der Waals surface area (Å²) in [5.74, 6) is 0.340. The van der Waals surface area contributed by atoms with Crippen LogP contribution in [0.3, 0.4) is 0 Å². The number of carbonyl (C=O) groups excluding carboxylic acids is 1. The lowest BCUT2D eigenvalue weighted by atomic mass is 9.99. The van der Waals surface area contributed by atoms with Gasteiger partial charge in [-0.25, -0.2) is 9.97 Å². The normalized spacial score (nSPS) is 14.8. The number of rotatable bonds is 4. The van der Waals surface area contributed by atoms with Crippen LogP contribution in [0.5, 0.6) is 0 Å². The largest absolute Gasteiger partial charge is 0.417 e. The molecule has 0 aromatic carbocycles. The summed E-state index contributed by atoms with van der Waals surface area (Å²) in [6, 6.07) is 0.890. The van der Waals surface area contributed by atoms with E-state index in [-0.39, 0.29) is 10.9 Å². The van der Waals surface area contributed by atoms with Crippen molar-refractivity contribution < 1.29 is 18.0 Å². The molecule has 0 N–H and O–H groups in total. The molecule has 0 saturated carbocycles. The van der Waals surface area contributed by atoms with Crippen LogP contribution in [0, 0.1) is 20.8 Å². The Morgan fingerprint density at radius 3 is 2.41 bits per heavy atom. The molecule has 1 aliphatic heterocycles. The molecule has 0 bridgehead atoms. The number of fused-ring (bicyclic) bond motifs is 1. The minimum absolute atomic E-state index is 0.0351. The van der Waals surface area contributed by atoms with Gasteiger partial charge < -0.3 is 9.80 Å². The van der Waals surface area contributed by atoms with E-state index in [2.05, 4.69) is 10.1 Å². The molecule has 1 saturated heterocycles. The average Bonchev–Trinajstić information content (AvgIpc) is 3.06. The van der Waals surface area contributed by atoms with E-state index in [0.29, 0.717) is 44.8 Å². The molecule has 0 aliphatic carbocycles. The maximum absolute atomic E-state index is 12.9. The topological polar surface area (TPSA) is 67.2 Å². The van der Waals surface area contributed by atoms with E-state index >= 15 is 0 Å². The zero-order chi connectivity index (χ0) is 24.8. The standard InChI is InChI=1S/C23H26ClF3N6O/c1-13-17(14(2)29-22-20(13)15(3)30-31(22)4)5-6-19(34)32-7-9-33(10-8-32)21-18(24)11-16(12-28-21)23(25,26)27/h11-12H,5-10H2,1-4H3. The van der Waals surface area contributed by atoms with Gasteiger partial charge >= 0.3 is 6.18 Å². The number of halogens is 4. The Bertz CT molecular complexity index is 1250. The fraction of sp³-hybridized carbons (Fsp3) is 0.478. The van der Waals surface area contributed by atoms with Gasteiger partial charge in [-0.05, 0) is 44.4 Å². The molecular weight excluding hydrogens is 469 g/mol. The van der Waals surface area contributed by atoms with Crippen LogP contribution in [0.2, 0.25) is 5.02 Å². The van der Waals surface area contributed by atoms with Crippen molar-refractivity contribution in [3.63, 3.8) is 0 Å². The fourth-order valence-corrected chi connectivity index (χ4v) is 4.89. The lowest BCUT2D eigenvalue weighted by Crippen LogP contribution is -2.49. The maximum atomic E-state index is 12.9. The first kappa shape index (κ1) is 24.3. The SMILES string of the molecule is Cc1nc2c(c(C)nn2C)c(C)c1CCC(=O)N1CCN(c2ncc(C(F)(F)F)cc2Cl)CC1. The number of aryl methyl sites for hydroxylation is 4. The maximum Gasteiger partial charge on any atom is 0.417 e. The van der Waals surface area contributed by atoms with Gasteiger partial charge in [0.15, 0.2) is 5.65 Å². The molecule has 34 heavy (non-hydrogen) atoms. The van der Waals surface area contributed by atoms with Crippen LogP contribution in [0.4, 0.5) is 19.0 Å². The summed E-state index contributed by atoms with van der Waals surface area (Å²) in [6.45, 7) is 7.76. The van der Waals surface area contributed by atoms with Crippen molar-refractivity contribution in [1.29, 1.82) is 0 Å². The Balaban J connectivity index is 1.39. The molecule has 3 aromatic rings. The highest BCUT2D eigenvalue weighted by molar-refractivity contribution is 6.33. The minimum Gasteiger partial charge on any atom is -0.352 e. The molecule has 0 radical (unpaired) electrons. The third kappa shape index (κ3) is 4.55. The van der Waals surface area contributed by atoms with Crippen molar-refractivity contribution in [2.75, 3.05) is 31.1 Å². The first-order valence-corrected chi connectivity index (χ1v) is 11.4. The molecular formula is C23H26ClF3N6O. The zero-order valence-corrected chi connectivity index (χ0v) is 20.3. The lowest BCUT2D eigenvalue weighted by Gasteiger charge is -2.36. The van der Waals surface area contributed by atoms with Crippen LogP contribution >= 0.6 is 11.6 Å². The van der Waals surface area contributed by atoms with Gasteiger partial charge in [0, 0.05) is 56.9 Å². The average molecular weight is 495 g/mol. The van der Waals surface area contributed by atoms with Crippen LogP contribution in [0.25, 0.3) is 11.0 Å². The molecule has 182 valence electrons. The summed E-state index contributed by atoms with van der Waals surface area (Å²) in [4.78, 5) is 25.1. The summed E-state index contributed by atoms with van der Waals surface area (Å²) in [7, 11) is 1.87. The number of pyridine rings is 2. The number of alkyl halides is 3. The Labute approximate surface area is 200 Å². The Kier molecular flexibility index (Phi) is 6.46. The smallest absolute Gasteiger partial charge is 0.352 e. The third-order valence-corrected chi connectivity index (χ3v) is 6.68. The highest BCUT2D eigenvalue weighted by atomic mass is 35.5. The second-order valence-corrected chi connectivity index (χ2v) is 9.01. The second-order valence-electron chi connectivity index (χ2n) is 8.60. The molecule has 1 fully saturated rings. The Hall–Kier alpha value is -2.88. The van der Waals surface area contributed by atoms with Crippen molar-refractivity contribution in [2.24, 2.45) is 7.05 Å². The zero-order valence-electron chi connectivity index (χ0n) is 19.5. The van der Waals surface area contributed by atoms with E-state index in [9.17, 15) is 18.0 Å². The summed E-state index contributed by atoms with van der Waals surface area (Å²) in [6.07, 6.45) is -2.77. The number of piperazine rings is 1.